The molecule has 1 aliphatic heterocycles. The van der Waals surface area contributed by atoms with Crippen LogP contribution in [-0.4, -0.2) is 46.4 Å². The molecule has 1 aliphatic rings. The number of amides is 2. The molecule has 1 aromatic heterocycles. The molecule has 25 heavy (non-hydrogen) atoms. The summed E-state index contributed by atoms with van der Waals surface area (Å²) >= 11 is 0. The van der Waals surface area contributed by atoms with Gasteiger partial charge in [0.15, 0.2) is 5.69 Å². The third kappa shape index (κ3) is 4.60. The number of rotatable bonds is 5. The number of halogens is 1. The van der Waals surface area contributed by atoms with Crippen LogP contribution in [0.4, 0.5) is 10.1 Å². The molecule has 1 saturated heterocycles. The number of piperidine rings is 1. The molecule has 1 fully saturated rings. The van der Waals surface area contributed by atoms with Crippen LogP contribution >= 0.6 is 0 Å². The van der Waals surface area contributed by atoms with Crippen molar-refractivity contribution >= 4 is 17.5 Å². The second-order valence-electron chi connectivity index (χ2n) is 5.80. The van der Waals surface area contributed by atoms with Gasteiger partial charge in [0.05, 0.1) is 18.8 Å². The minimum atomic E-state index is -0.463. The molecule has 1 aromatic carbocycles. The van der Waals surface area contributed by atoms with Crippen LogP contribution in [-0.2, 0) is 4.79 Å². The summed E-state index contributed by atoms with van der Waals surface area (Å²) in [5.74, 6) is -1.26. The predicted octanol–water partition coefficient (Wildman–Crippen LogP) is 0.710. The molecule has 0 atom stereocenters. The average Bonchev–Trinajstić information content (AvgIpc) is 3.13. The van der Waals surface area contributed by atoms with Crippen molar-refractivity contribution in [1.29, 1.82) is 0 Å². The van der Waals surface area contributed by atoms with Crippen molar-refractivity contribution in [2.45, 2.75) is 18.9 Å². The Morgan fingerprint density at radius 3 is 2.68 bits per heavy atom. The Balaban J connectivity index is 1.49. The highest BCUT2D eigenvalue weighted by atomic mass is 19.1. The molecule has 2 heterocycles. The molecule has 0 aliphatic carbocycles. The van der Waals surface area contributed by atoms with E-state index in [1.165, 1.54) is 24.3 Å². The molecule has 8 nitrogen and oxygen atoms in total. The monoisotopic (exact) mass is 346 g/mol. The lowest BCUT2D eigenvalue weighted by Gasteiger charge is -2.22. The minimum absolute atomic E-state index is 0.174. The maximum atomic E-state index is 12.8. The molecular formula is C16H19FN6O2. The molecule has 132 valence electrons. The maximum absolute atomic E-state index is 12.8. The van der Waals surface area contributed by atoms with Gasteiger partial charge in [-0.25, -0.2) is 9.07 Å². The summed E-state index contributed by atoms with van der Waals surface area (Å²) in [6.45, 7) is 1.61. The highest BCUT2D eigenvalue weighted by Crippen LogP contribution is 2.17. The number of aromatic nitrogens is 3. The summed E-state index contributed by atoms with van der Waals surface area (Å²) in [4.78, 5) is 23.9. The van der Waals surface area contributed by atoms with Gasteiger partial charge in [-0.1, -0.05) is 5.21 Å². The van der Waals surface area contributed by atoms with E-state index in [0.29, 0.717) is 5.69 Å². The van der Waals surface area contributed by atoms with Gasteiger partial charge < -0.3 is 16.0 Å². The number of anilines is 1. The van der Waals surface area contributed by atoms with E-state index < -0.39 is 11.8 Å². The summed E-state index contributed by atoms with van der Waals surface area (Å²) in [6, 6.07) is 5.61. The first kappa shape index (κ1) is 17.0. The van der Waals surface area contributed by atoms with E-state index in [1.807, 2.05) is 0 Å². The number of nitrogens with one attached hydrogen (secondary N) is 3. The van der Waals surface area contributed by atoms with Crippen LogP contribution in [0.1, 0.15) is 29.4 Å². The highest BCUT2D eigenvalue weighted by molar-refractivity contribution is 5.98. The number of hydrogen-bond acceptors (Lipinski definition) is 5. The van der Waals surface area contributed by atoms with E-state index in [0.717, 1.165) is 25.9 Å². The fourth-order valence-electron chi connectivity index (χ4n) is 2.62. The van der Waals surface area contributed by atoms with E-state index in [-0.39, 0.29) is 24.1 Å². The summed E-state index contributed by atoms with van der Waals surface area (Å²) in [7, 11) is 0. The van der Waals surface area contributed by atoms with Crippen LogP contribution in [0.25, 0.3) is 0 Å². The van der Waals surface area contributed by atoms with Crippen LogP contribution in [0, 0.1) is 5.82 Å². The Bertz CT molecular complexity index is 739. The topological polar surface area (TPSA) is 101 Å². The number of hydrogen-bond donors (Lipinski definition) is 3. The van der Waals surface area contributed by atoms with Crippen molar-refractivity contribution < 1.29 is 14.0 Å². The van der Waals surface area contributed by atoms with Crippen molar-refractivity contribution in [3.8, 4) is 0 Å². The molecule has 0 saturated carbocycles. The molecule has 0 unspecified atom stereocenters. The van der Waals surface area contributed by atoms with Crippen molar-refractivity contribution in [2.24, 2.45) is 0 Å². The Labute approximate surface area is 143 Å². The maximum Gasteiger partial charge on any atom is 0.273 e. The number of carbonyl (C=O) groups excluding carboxylic acids is 2. The lowest BCUT2D eigenvalue weighted by atomic mass is 10.1. The van der Waals surface area contributed by atoms with Crippen molar-refractivity contribution in [2.75, 3.05) is 25.0 Å². The molecule has 2 aromatic rings. The van der Waals surface area contributed by atoms with Crippen LogP contribution in [0.2, 0.25) is 0 Å². The lowest BCUT2D eigenvalue weighted by Crippen LogP contribution is -2.33. The van der Waals surface area contributed by atoms with E-state index in [2.05, 4.69) is 26.3 Å². The van der Waals surface area contributed by atoms with Gasteiger partial charge in [-0.2, -0.15) is 0 Å². The second kappa shape index (κ2) is 7.84. The third-order valence-electron chi connectivity index (χ3n) is 3.96. The fourth-order valence-corrected chi connectivity index (χ4v) is 2.62. The molecule has 3 N–H and O–H groups in total. The predicted molar refractivity (Wildman–Crippen MR) is 88.5 cm³/mol. The standard InChI is InChI=1S/C16H19FN6O2/c17-11-1-3-12(4-2-11)20-15(24)9-19-16(25)14-10-23(22-21-14)13-5-7-18-8-6-13/h1-4,10,13,18H,5-9H2,(H,19,25)(H,20,24). The van der Waals surface area contributed by atoms with Crippen LogP contribution in [0.5, 0.6) is 0 Å². The third-order valence-corrected chi connectivity index (χ3v) is 3.96. The first-order valence-corrected chi connectivity index (χ1v) is 8.08. The smallest absolute Gasteiger partial charge is 0.273 e. The van der Waals surface area contributed by atoms with Gasteiger partial charge in [-0.15, -0.1) is 5.10 Å². The van der Waals surface area contributed by atoms with Crippen LogP contribution in [0.15, 0.2) is 30.5 Å². The number of carbonyl (C=O) groups is 2. The zero-order valence-electron chi connectivity index (χ0n) is 13.5. The Morgan fingerprint density at radius 1 is 1.24 bits per heavy atom. The molecule has 0 radical (unpaired) electrons. The average molecular weight is 346 g/mol. The Morgan fingerprint density at radius 2 is 1.96 bits per heavy atom. The van der Waals surface area contributed by atoms with Crippen molar-refractivity contribution in [3.05, 3.63) is 42.0 Å². The van der Waals surface area contributed by atoms with Gasteiger partial charge >= 0.3 is 0 Å². The summed E-state index contributed by atoms with van der Waals surface area (Å²) < 4.78 is 14.5. The lowest BCUT2D eigenvalue weighted by molar-refractivity contribution is -0.115. The van der Waals surface area contributed by atoms with Gasteiger partial charge in [0.25, 0.3) is 5.91 Å². The Hall–Kier alpha value is -2.81. The summed E-state index contributed by atoms with van der Waals surface area (Å²) in [6.07, 6.45) is 3.47. The molecule has 2 amide bonds. The first-order chi connectivity index (χ1) is 12.1. The largest absolute Gasteiger partial charge is 0.342 e. The van der Waals surface area contributed by atoms with Gasteiger partial charge in [-0.05, 0) is 50.2 Å². The molecule has 0 spiro atoms. The van der Waals surface area contributed by atoms with Gasteiger partial charge in [0.2, 0.25) is 5.91 Å². The summed E-state index contributed by atoms with van der Waals surface area (Å²) in [5.41, 5.74) is 0.630. The Kier molecular flexibility index (Phi) is 5.34. The minimum Gasteiger partial charge on any atom is -0.342 e. The molecular weight excluding hydrogens is 327 g/mol. The van der Waals surface area contributed by atoms with E-state index in [1.54, 1.807) is 10.9 Å². The molecule has 3 rings (SSSR count). The van der Waals surface area contributed by atoms with E-state index in [4.69, 9.17) is 0 Å². The zero-order valence-corrected chi connectivity index (χ0v) is 13.5. The normalized spacial score (nSPS) is 14.9. The van der Waals surface area contributed by atoms with Gasteiger partial charge in [-0.3, -0.25) is 9.59 Å². The second-order valence-corrected chi connectivity index (χ2v) is 5.80. The zero-order chi connectivity index (χ0) is 17.6. The number of benzene rings is 1. The van der Waals surface area contributed by atoms with Crippen molar-refractivity contribution in [3.63, 3.8) is 0 Å². The SMILES string of the molecule is O=C(CNC(=O)c1cn(C2CCNCC2)nn1)Nc1ccc(F)cc1. The highest BCUT2D eigenvalue weighted by Gasteiger charge is 2.19. The summed E-state index contributed by atoms with van der Waals surface area (Å²) in [5, 5.41) is 16.2. The van der Waals surface area contributed by atoms with E-state index >= 15 is 0 Å². The molecule has 9 heteroatoms. The fraction of sp³-hybridized carbons (Fsp3) is 0.375. The van der Waals surface area contributed by atoms with Gasteiger partial charge in [0, 0.05) is 5.69 Å². The van der Waals surface area contributed by atoms with Crippen LogP contribution < -0.4 is 16.0 Å². The van der Waals surface area contributed by atoms with E-state index in [9.17, 15) is 14.0 Å². The van der Waals surface area contributed by atoms with Crippen LogP contribution in [0.3, 0.4) is 0 Å². The number of nitrogens with zero attached hydrogens (tertiary/aromatic N) is 3. The van der Waals surface area contributed by atoms with Gasteiger partial charge in [0.1, 0.15) is 5.82 Å². The molecule has 0 bridgehead atoms. The first-order valence-electron chi connectivity index (χ1n) is 8.08. The van der Waals surface area contributed by atoms with Crippen molar-refractivity contribution in [1.82, 2.24) is 25.6 Å². The quantitative estimate of drug-likeness (QED) is 0.740.